The van der Waals surface area contributed by atoms with Gasteiger partial charge in [-0.2, -0.15) is 0 Å². The Morgan fingerprint density at radius 2 is 2.04 bits per heavy atom. The highest BCUT2D eigenvalue weighted by atomic mass is 32.2. The Hall–Kier alpha value is -1.56. The van der Waals surface area contributed by atoms with E-state index in [1.807, 2.05) is 45.9 Å². The molecule has 1 heterocycles. The lowest BCUT2D eigenvalue weighted by molar-refractivity contribution is 0.0694. The van der Waals surface area contributed by atoms with Crippen molar-refractivity contribution < 1.29 is 8.95 Å². The number of aliphatic imine (C=N–C) groups is 1. The molecule has 2 rings (SSSR count). The lowest BCUT2D eigenvalue weighted by atomic mass is 9.90. The van der Waals surface area contributed by atoms with Crippen molar-refractivity contribution in [2.75, 3.05) is 18.8 Å². The molecule has 26 heavy (non-hydrogen) atoms. The molecule has 6 heteroatoms. The largest absolute Gasteiger partial charge is 0.487 e. The maximum Gasteiger partial charge on any atom is 0.191 e. The minimum absolute atomic E-state index is 0.126. The van der Waals surface area contributed by atoms with Gasteiger partial charge in [-0.3, -0.25) is 9.20 Å². The summed E-state index contributed by atoms with van der Waals surface area (Å²) in [5, 5.41) is 6.84. The maximum absolute atomic E-state index is 12.2. The van der Waals surface area contributed by atoms with Gasteiger partial charge < -0.3 is 15.4 Å². The molecule has 1 aliphatic rings. The molecule has 0 saturated carbocycles. The Kier molecular flexibility index (Phi) is 6.72. The lowest BCUT2D eigenvalue weighted by Crippen LogP contribution is -2.45. The molecule has 0 fully saturated rings. The van der Waals surface area contributed by atoms with Gasteiger partial charge in [0.25, 0.3) is 0 Å². The van der Waals surface area contributed by atoms with Crippen molar-refractivity contribution >= 4 is 16.8 Å². The first-order valence-electron chi connectivity index (χ1n) is 9.33. The first kappa shape index (κ1) is 20.7. The summed E-state index contributed by atoms with van der Waals surface area (Å²) in [6.45, 7) is 13.6. The molecule has 2 N–H and O–H groups in total. The zero-order valence-corrected chi connectivity index (χ0v) is 17.7. The van der Waals surface area contributed by atoms with Crippen LogP contribution < -0.4 is 15.4 Å². The van der Waals surface area contributed by atoms with E-state index < -0.39 is 10.8 Å². The number of rotatable bonds is 5. The third kappa shape index (κ3) is 5.73. The van der Waals surface area contributed by atoms with Gasteiger partial charge in [0, 0.05) is 39.8 Å². The number of nitrogens with zero attached hydrogens (tertiary/aromatic N) is 1. The quantitative estimate of drug-likeness (QED) is 0.608. The third-order valence-electron chi connectivity index (χ3n) is 4.26. The third-order valence-corrected chi connectivity index (χ3v) is 6.18. The van der Waals surface area contributed by atoms with E-state index in [0.717, 1.165) is 30.2 Å². The van der Waals surface area contributed by atoms with Crippen molar-refractivity contribution in [2.24, 2.45) is 4.99 Å². The average molecular weight is 380 g/mol. The summed E-state index contributed by atoms with van der Waals surface area (Å²) >= 11 is 0. The van der Waals surface area contributed by atoms with Crippen LogP contribution in [0.15, 0.2) is 29.3 Å². The molecule has 0 aromatic heterocycles. The second-order valence-electron chi connectivity index (χ2n) is 8.22. The van der Waals surface area contributed by atoms with Crippen molar-refractivity contribution in [1.82, 2.24) is 10.6 Å². The minimum Gasteiger partial charge on any atom is -0.487 e. The van der Waals surface area contributed by atoms with E-state index in [-0.39, 0.29) is 16.4 Å². The zero-order chi connectivity index (χ0) is 19.4. The highest BCUT2D eigenvalue weighted by molar-refractivity contribution is 7.86. The number of benzene rings is 1. The Morgan fingerprint density at radius 1 is 1.35 bits per heavy atom. The summed E-state index contributed by atoms with van der Waals surface area (Å²) in [5.41, 5.74) is 0.910. The monoisotopic (exact) mass is 379 g/mol. The van der Waals surface area contributed by atoms with Crippen LogP contribution in [0.5, 0.6) is 5.75 Å². The highest BCUT2D eigenvalue weighted by Gasteiger charge is 2.34. The number of para-hydroxylation sites is 1. The van der Waals surface area contributed by atoms with Crippen LogP contribution in [0.25, 0.3) is 0 Å². The molecule has 1 aliphatic heterocycles. The Bertz CT molecular complexity index is 665. The van der Waals surface area contributed by atoms with E-state index in [0.29, 0.717) is 12.3 Å². The van der Waals surface area contributed by atoms with Crippen molar-refractivity contribution in [1.29, 1.82) is 0 Å². The van der Waals surface area contributed by atoms with E-state index in [2.05, 4.69) is 35.5 Å². The average Bonchev–Trinajstić information content (AvgIpc) is 2.53. The fourth-order valence-electron chi connectivity index (χ4n) is 2.96. The Labute approximate surface area is 160 Å². The molecule has 5 nitrogen and oxygen atoms in total. The van der Waals surface area contributed by atoms with Gasteiger partial charge >= 0.3 is 0 Å². The van der Waals surface area contributed by atoms with Gasteiger partial charge in [0.1, 0.15) is 11.4 Å². The number of guanidine groups is 1. The van der Waals surface area contributed by atoms with Crippen molar-refractivity contribution in [2.45, 2.75) is 64.4 Å². The van der Waals surface area contributed by atoms with E-state index in [1.165, 1.54) is 0 Å². The summed E-state index contributed by atoms with van der Waals surface area (Å²) in [5.74, 6) is 2.25. The van der Waals surface area contributed by atoms with Crippen LogP contribution in [0.3, 0.4) is 0 Å². The van der Waals surface area contributed by atoms with Crippen molar-refractivity contribution in [3.63, 3.8) is 0 Å². The number of hydrogen-bond acceptors (Lipinski definition) is 3. The number of hydrogen-bond donors (Lipinski definition) is 2. The van der Waals surface area contributed by atoms with Crippen LogP contribution in [0.1, 0.15) is 59.6 Å². The van der Waals surface area contributed by atoms with Gasteiger partial charge in [0.05, 0.1) is 12.6 Å². The molecule has 0 saturated heterocycles. The van der Waals surface area contributed by atoms with Crippen LogP contribution >= 0.6 is 0 Å². The van der Waals surface area contributed by atoms with Gasteiger partial charge in [-0.25, -0.2) is 0 Å². The van der Waals surface area contributed by atoms with Crippen LogP contribution in [0.2, 0.25) is 0 Å². The minimum atomic E-state index is -0.896. The zero-order valence-electron chi connectivity index (χ0n) is 16.9. The molecule has 0 aliphatic carbocycles. The Balaban J connectivity index is 2.11. The van der Waals surface area contributed by atoms with Gasteiger partial charge in [-0.15, -0.1) is 0 Å². The molecule has 0 amide bonds. The van der Waals surface area contributed by atoms with Gasteiger partial charge in [0.15, 0.2) is 5.96 Å². The molecule has 146 valence electrons. The van der Waals surface area contributed by atoms with Gasteiger partial charge in [-0.05, 0) is 47.6 Å². The van der Waals surface area contributed by atoms with Gasteiger partial charge in [0.2, 0.25) is 0 Å². The summed E-state index contributed by atoms with van der Waals surface area (Å²) in [6.07, 6.45) is 0.850. The molecule has 2 atom stereocenters. The molecule has 0 bridgehead atoms. The summed E-state index contributed by atoms with van der Waals surface area (Å²) in [7, 11) is -0.896. The first-order valence-corrected chi connectivity index (χ1v) is 10.7. The fourth-order valence-corrected chi connectivity index (χ4v) is 3.83. The van der Waals surface area contributed by atoms with Crippen LogP contribution in [-0.2, 0) is 10.8 Å². The van der Waals surface area contributed by atoms with Crippen LogP contribution in [0.4, 0.5) is 0 Å². The fraction of sp³-hybridized carbons (Fsp3) is 0.650. The molecule has 0 radical (unpaired) electrons. The molecular formula is C20H33N3O2S. The van der Waals surface area contributed by atoms with Crippen molar-refractivity contribution in [3.05, 3.63) is 29.8 Å². The maximum atomic E-state index is 12.2. The second-order valence-corrected chi connectivity index (χ2v) is 10.5. The van der Waals surface area contributed by atoms with E-state index in [1.54, 1.807) is 0 Å². The highest BCUT2D eigenvalue weighted by Crippen LogP contribution is 2.39. The molecule has 1 aromatic carbocycles. The standard InChI is InChI=1S/C20H33N3O2S/c1-7-21-18(22-12-13-26(24)19(2,3)4)23-16-14-20(5,6)25-17-11-9-8-10-15(16)17/h8-11,16H,7,12-14H2,1-6H3,(H2,21,22,23). The molecular weight excluding hydrogens is 346 g/mol. The van der Waals surface area contributed by atoms with Crippen LogP contribution in [0, 0.1) is 0 Å². The smallest absolute Gasteiger partial charge is 0.191 e. The predicted molar refractivity (Wildman–Crippen MR) is 110 cm³/mol. The summed E-state index contributed by atoms with van der Waals surface area (Å²) in [4.78, 5) is 4.64. The number of fused-ring (bicyclic) bond motifs is 1. The van der Waals surface area contributed by atoms with Gasteiger partial charge in [-0.1, -0.05) is 18.2 Å². The molecule has 2 unspecified atom stereocenters. The SMILES string of the molecule is CCNC(=NCCS(=O)C(C)(C)C)NC1CC(C)(C)Oc2ccccc21. The molecule has 1 aromatic rings. The van der Waals surface area contributed by atoms with E-state index >= 15 is 0 Å². The summed E-state index contributed by atoms with van der Waals surface area (Å²) < 4.78 is 18.1. The van der Waals surface area contributed by atoms with E-state index in [9.17, 15) is 4.21 Å². The second kappa shape index (κ2) is 8.42. The molecule has 0 spiro atoms. The first-order chi connectivity index (χ1) is 12.1. The topological polar surface area (TPSA) is 62.7 Å². The lowest BCUT2D eigenvalue weighted by Gasteiger charge is -2.38. The number of nitrogens with one attached hydrogen (secondary N) is 2. The Morgan fingerprint density at radius 3 is 2.69 bits per heavy atom. The van der Waals surface area contributed by atoms with E-state index in [4.69, 9.17) is 4.74 Å². The normalized spacial score (nSPS) is 20.7. The summed E-state index contributed by atoms with van der Waals surface area (Å²) in [6, 6.07) is 8.27. The number of ether oxygens (including phenoxy) is 1. The van der Waals surface area contributed by atoms with Crippen molar-refractivity contribution in [3.8, 4) is 5.75 Å². The predicted octanol–water partition coefficient (Wildman–Crippen LogP) is 3.39. The van der Waals surface area contributed by atoms with Crippen LogP contribution in [-0.4, -0.2) is 39.4 Å².